The van der Waals surface area contributed by atoms with E-state index in [0.717, 1.165) is 0 Å². The molecule has 0 saturated carbocycles. The van der Waals surface area contributed by atoms with Crippen molar-refractivity contribution in [3.63, 3.8) is 0 Å². The summed E-state index contributed by atoms with van der Waals surface area (Å²) < 4.78 is 48.2. The standard InChI is InChI=1S/C46H66O8Si2/c1-45(2,3)55(41-19-11-7-12-20-41,42-21-13-8-14-22-42)53-39-37-51-35-33-49-31-29-47-27-28-48-30-32-50-34-36-52-38-40-54-56(46(4,5)6,43-23-15-9-16-24-43)44-25-17-10-18-26-44/h7-26H,27-40H2,1-6H3. The van der Waals surface area contributed by atoms with Gasteiger partial charge in [-0.2, -0.15) is 0 Å². The van der Waals surface area contributed by atoms with Gasteiger partial charge in [-0.05, 0) is 30.8 Å². The molecule has 4 aromatic rings. The van der Waals surface area contributed by atoms with Crippen molar-refractivity contribution in [3.8, 4) is 0 Å². The molecule has 0 aliphatic heterocycles. The largest absolute Gasteiger partial charge is 0.405 e. The van der Waals surface area contributed by atoms with Crippen LogP contribution in [0.15, 0.2) is 121 Å². The summed E-state index contributed by atoms with van der Waals surface area (Å²) in [5.74, 6) is 0. The predicted molar refractivity (Wildman–Crippen MR) is 232 cm³/mol. The molecule has 0 amide bonds. The van der Waals surface area contributed by atoms with E-state index in [4.69, 9.17) is 37.3 Å². The monoisotopic (exact) mass is 802 g/mol. The third-order valence-electron chi connectivity index (χ3n) is 9.79. The fourth-order valence-corrected chi connectivity index (χ4v) is 16.3. The zero-order valence-corrected chi connectivity index (χ0v) is 36.7. The van der Waals surface area contributed by atoms with Gasteiger partial charge in [-0.15, -0.1) is 0 Å². The van der Waals surface area contributed by atoms with Gasteiger partial charge in [-0.3, -0.25) is 0 Å². The van der Waals surface area contributed by atoms with Crippen molar-refractivity contribution in [2.24, 2.45) is 0 Å². The van der Waals surface area contributed by atoms with E-state index in [0.29, 0.717) is 92.5 Å². The van der Waals surface area contributed by atoms with Crippen molar-refractivity contribution in [2.45, 2.75) is 51.6 Å². The summed E-state index contributed by atoms with van der Waals surface area (Å²) in [5.41, 5.74) is 0. The van der Waals surface area contributed by atoms with E-state index in [1.807, 2.05) is 0 Å². The van der Waals surface area contributed by atoms with Crippen LogP contribution in [-0.2, 0) is 37.3 Å². The third kappa shape index (κ3) is 13.3. The number of hydrogen-bond donors (Lipinski definition) is 0. The summed E-state index contributed by atoms with van der Waals surface area (Å²) in [6.45, 7) is 20.8. The van der Waals surface area contributed by atoms with Crippen LogP contribution in [0.1, 0.15) is 41.5 Å². The normalized spacial score (nSPS) is 12.6. The Morgan fingerprint density at radius 1 is 0.286 bits per heavy atom. The molecule has 0 aliphatic rings. The summed E-state index contributed by atoms with van der Waals surface area (Å²) >= 11 is 0. The van der Waals surface area contributed by atoms with Crippen molar-refractivity contribution < 1.29 is 37.3 Å². The fourth-order valence-electron chi connectivity index (χ4n) is 7.23. The van der Waals surface area contributed by atoms with E-state index < -0.39 is 16.6 Å². The molecule has 0 unspecified atom stereocenters. The minimum Gasteiger partial charge on any atom is -0.405 e. The van der Waals surface area contributed by atoms with Crippen molar-refractivity contribution in [3.05, 3.63) is 121 Å². The first-order valence-electron chi connectivity index (χ1n) is 20.1. The molecule has 0 N–H and O–H groups in total. The molecule has 0 radical (unpaired) electrons. The number of benzene rings is 4. The summed E-state index contributed by atoms with van der Waals surface area (Å²) in [4.78, 5) is 0. The van der Waals surface area contributed by atoms with Gasteiger partial charge in [0, 0.05) is 0 Å². The quantitative estimate of drug-likeness (QED) is 0.0519. The van der Waals surface area contributed by atoms with Gasteiger partial charge in [-0.1, -0.05) is 163 Å². The van der Waals surface area contributed by atoms with Crippen LogP contribution in [-0.4, -0.2) is 109 Å². The first-order chi connectivity index (χ1) is 27.1. The molecule has 4 rings (SSSR count). The summed E-state index contributed by atoms with van der Waals surface area (Å²) in [6.07, 6.45) is 0. The Morgan fingerprint density at radius 3 is 0.643 bits per heavy atom. The zero-order chi connectivity index (χ0) is 40.0. The molecule has 56 heavy (non-hydrogen) atoms. The van der Waals surface area contributed by atoms with Gasteiger partial charge in [0.2, 0.25) is 0 Å². The predicted octanol–water partition coefficient (Wildman–Crippen LogP) is 6.24. The van der Waals surface area contributed by atoms with Crippen LogP contribution in [0.25, 0.3) is 0 Å². The first kappa shape index (κ1) is 45.7. The molecule has 4 aromatic carbocycles. The molecule has 0 atom stereocenters. The van der Waals surface area contributed by atoms with Crippen molar-refractivity contribution in [1.82, 2.24) is 0 Å². The van der Waals surface area contributed by atoms with Gasteiger partial charge in [0.15, 0.2) is 0 Å². The molecule has 0 aromatic heterocycles. The lowest BCUT2D eigenvalue weighted by Crippen LogP contribution is -2.66. The van der Waals surface area contributed by atoms with Gasteiger partial charge >= 0.3 is 0 Å². The molecule has 0 aliphatic carbocycles. The Kier molecular flexibility index (Phi) is 19.6. The molecule has 0 fully saturated rings. The van der Waals surface area contributed by atoms with E-state index >= 15 is 0 Å². The Balaban J connectivity index is 0.983. The van der Waals surface area contributed by atoms with Crippen LogP contribution in [0.4, 0.5) is 0 Å². The molecule has 306 valence electrons. The molecular weight excluding hydrogens is 737 g/mol. The molecule has 0 bridgehead atoms. The van der Waals surface area contributed by atoms with Gasteiger partial charge in [0.1, 0.15) is 0 Å². The molecule has 0 saturated heterocycles. The van der Waals surface area contributed by atoms with E-state index in [1.54, 1.807) is 0 Å². The Bertz CT molecular complexity index is 1380. The lowest BCUT2D eigenvalue weighted by atomic mass is 10.2. The Labute approximate surface area is 339 Å². The van der Waals surface area contributed by atoms with Crippen LogP contribution in [0.5, 0.6) is 0 Å². The number of rotatable bonds is 27. The Morgan fingerprint density at radius 2 is 0.464 bits per heavy atom. The van der Waals surface area contributed by atoms with Crippen LogP contribution < -0.4 is 20.7 Å². The smallest absolute Gasteiger partial charge is 0.261 e. The summed E-state index contributed by atoms with van der Waals surface area (Å²) in [7, 11) is -5.09. The topological polar surface area (TPSA) is 73.8 Å². The maximum Gasteiger partial charge on any atom is 0.261 e. The molecule has 0 heterocycles. The van der Waals surface area contributed by atoms with Crippen LogP contribution in [0, 0.1) is 0 Å². The highest BCUT2D eigenvalue weighted by molar-refractivity contribution is 7.00. The van der Waals surface area contributed by atoms with E-state index in [1.165, 1.54) is 20.7 Å². The molecule has 8 nitrogen and oxygen atoms in total. The molecule has 10 heteroatoms. The number of hydrogen-bond acceptors (Lipinski definition) is 8. The van der Waals surface area contributed by atoms with Crippen molar-refractivity contribution in [1.29, 1.82) is 0 Å². The van der Waals surface area contributed by atoms with Crippen molar-refractivity contribution in [2.75, 3.05) is 92.5 Å². The third-order valence-corrected chi connectivity index (χ3v) is 19.9. The summed E-state index contributed by atoms with van der Waals surface area (Å²) in [5, 5.41) is 4.97. The minimum atomic E-state index is -2.54. The lowest BCUT2D eigenvalue weighted by Gasteiger charge is -2.43. The average molecular weight is 803 g/mol. The minimum absolute atomic E-state index is 0.0565. The molecular formula is C46H66O8Si2. The molecule has 0 spiro atoms. The van der Waals surface area contributed by atoms with Gasteiger partial charge in [-0.25, -0.2) is 0 Å². The average Bonchev–Trinajstić information content (AvgIpc) is 3.20. The second kappa shape index (κ2) is 24.0. The van der Waals surface area contributed by atoms with Crippen LogP contribution >= 0.6 is 0 Å². The maximum atomic E-state index is 6.87. The van der Waals surface area contributed by atoms with Gasteiger partial charge in [0.25, 0.3) is 16.6 Å². The van der Waals surface area contributed by atoms with E-state index in [-0.39, 0.29) is 10.1 Å². The second-order valence-corrected chi connectivity index (χ2v) is 24.3. The second-order valence-electron chi connectivity index (χ2n) is 15.7. The lowest BCUT2D eigenvalue weighted by molar-refractivity contribution is -0.0189. The van der Waals surface area contributed by atoms with Crippen LogP contribution in [0.3, 0.4) is 0 Å². The number of ether oxygens (including phenoxy) is 6. The van der Waals surface area contributed by atoms with E-state index in [2.05, 4.69) is 163 Å². The SMILES string of the molecule is CC(C)(C)[Si](OCCOCCOCCOCCOCCOCCOCCO[Si](c1ccccc1)(c1ccccc1)C(C)(C)C)(c1ccccc1)c1ccccc1. The van der Waals surface area contributed by atoms with Crippen LogP contribution in [0.2, 0.25) is 10.1 Å². The highest BCUT2D eigenvalue weighted by Crippen LogP contribution is 2.37. The Hall–Kier alpha value is -3.01. The maximum absolute atomic E-state index is 6.87. The van der Waals surface area contributed by atoms with Crippen molar-refractivity contribution >= 4 is 37.4 Å². The zero-order valence-electron chi connectivity index (χ0n) is 34.7. The van der Waals surface area contributed by atoms with Gasteiger partial charge in [0.05, 0.1) is 92.5 Å². The fraction of sp³-hybridized carbons (Fsp3) is 0.478. The first-order valence-corrected chi connectivity index (χ1v) is 23.9. The summed E-state index contributed by atoms with van der Waals surface area (Å²) in [6, 6.07) is 42.7. The highest BCUT2D eigenvalue weighted by atomic mass is 28.4. The highest BCUT2D eigenvalue weighted by Gasteiger charge is 2.51. The van der Waals surface area contributed by atoms with E-state index in [9.17, 15) is 0 Å². The van der Waals surface area contributed by atoms with Gasteiger partial charge < -0.3 is 37.3 Å².